The standard InChI is InChI=1S/C17H13ClFNO4S/c18-13-7-6-11(19)8-12(13)15-14(21)16(17(20)23-15)24-25(22)9-10-4-2-1-3-5-10/h1-8,15H,9,20H2. The third-order valence-corrected chi connectivity index (χ3v) is 4.74. The van der Waals surface area contributed by atoms with E-state index in [4.69, 9.17) is 26.3 Å². The second-order valence-electron chi connectivity index (χ2n) is 5.24. The number of ketones is 1. The summed E-state index contributed by atoms with van der Waals surface area (Å²) < 4.78 is 36.0. The van der Waals surface area contributed by atoms with Crippen LogP contribution in [-0.2, 0) is 30.5 Å². The predicted octanol–water partition coefficient (Wildman–Crippen LogP) is 3.13. The van der Waals surface area contributed by atoms with Gasteiger partial charge in [0.05, 0.1) is 5.75 Å². The highest BCUT2D eigenvalue weighted by molar-refractivity contribution is 7.79. The molecule has 1 heterocycles. The second kappa shape index (κ2) is 7.25. The number of Topliss-reactive ketones (excluding diaryl/α,β-unsaturated/α-hetero) is 1. The summed E-state index contributed by atoms with van der Waals surface area (Å²) in [5.74, 6) is -1.81. The maximum Gasteiger partial charge on any atom is 0.249 e. The van der Waals surface area contributed by atoms with E-state index in [2.05, 4.69) is 0 Å². The van der Waals surface area contributed by atoms with Crippen molar-refractivity contribution in [2.75, 3.05) is 0 Å². The molecule has 2 atom stereocenters. The van der Waals surface area contributed by atoms with Gasteiger partial charge in [0, 0.05) is 10.6 Å². The fourth-order valence-corrected chi connectivity index (χ4v) is 3.40. The van der Waals surface area contributed by atoms with Crippen LogP contribution in [0.3, 0.4) is 0 Å². The van der Waals surface area contributed by atoms with E-state index in [1.165, 1.54) is 6.07 Å². The van der Waals surface area contributed by atoms with Gasteiger partial charge in [-0.1, -0.05) is 41.9 Å². The van der Waals surface area contributed by atoms with Crippen LogP contribution in [0.2, 0.25) is 5.02 Å². The minimum absolute atomic E-state index is 0.0797. The third-order valence-electron chi connectivity index (χ3n) is 3.47. The van der Waals surface area contributed by atoms with Crippen LogP contribution < -0.4 is 5.73 Å². The summed E-state index contributed by atoms with van der Waals surface area (Å²) >= 11 is 4.16. The molecule has 2 unspecified atom stereocenters. The van der Waals surface area contributed by atoms with Crippen LogP contribution in [0.5, 0.6) is 0 Å². The molecule has 0 saturated heterocycles. The van der Waals surface area contributed by atoms with Gasteiger partial charge in [0.25, 0.3) is 0 Å². The molecule has 5 nitrogen and oxygen atoms in total. The molecule has 0 fully saturated rings. The van der Waals surface area contributed by atoms with Gasteiger partial charge in [0.15, 0.2) is 6.10 Å². The van der Waals surface area contributed by atoms with Gasteiger partial charge < -0.3 is 14.7 Å². The van der Waals surface area contributed by atoms with Crippen molar-refractivity contribution in [2.24, 2.45) is 5.73 Å². The van der Waals surface area contributed by atoms with Gasteiger partial charge >= 0.3 is 0 Å². The monoisotopic (exact) mass is 381 g/mol. The fraction of sp³-hybridized carbons (Fsp3) is 0.118. The minimum atomic E-state index is -1.83. The van der Waals surface area contributed by atoms with E-state index in [1.54, 1.807) is 24.3 Å². The van der Waals surface area contributed by atoms with Crippen molar-refractivity contribution in [1.29, 1.82) is 0 Å². The number of carbonyl (C=O) groups excluding carboxylic acids is 1. The molecule has 0 radical (unpaired) electrons. The van der Waals surface area contributed by atoms with Crippen molar-refractivity contribution in [3.63, 3.8) is 0 Å². The number of nitrogens with two attached hydrogens (primary N) is 1. The summed E-state index contributed by atoms with van der Waals surface area (Å²) in [6.07, 6.45) is -1.23. The highest BCUT2D eigenvalue weighted by Gasteiger charge is 2.39. The lowest BCUT2D eigenvalue weighted by Crippen LogP contribution is -2.13. The van der Waals surface area contributed by atoms with E-state index < -0.39 is 28.8 Å². The molecule has 0 aromatic heterocycles. The first-order valence-corrected chi connectivity index (χ1v) is 8.84. The van der Waals surface area contributed by atoms with E-state index in [0.29, 0.717) is 0 Å². The molecule has 1 aliphatic heterocycles. The van der Waals surface area contributed by atoms with Crippen molar-refractivity contribution >= 4 is 28.5 Å². The van der Waals surface area contributed by atoms with Gasteiger partial charge in [-0.25, -0.2) is 8.60 Å². The molecule has 0 spiro atoms. The van der Waals surface area contributed by atoms with Crippen LogP contribution in [0, 0.1) is 5.82 Å². The van der Waals surface area contributed by atoms with Gasteiger partial charge in [0.1, 0.15) is 5.82 Å². The first-order valence-electron chi connectivity index (χ1n) is 7.22. The molecule has 2 aromatic rings. The Bertz CT molecular complexity index is 872. The number of benzene rings is 2. The number of carbonyl (C=O) groups is 1. The fourth-order valence-electron chi connectivity index (χ4n) is 2.31. The van der Waals surface area contributed by atoms with Crippen LogP contribution in [0.4, 0.5) is 4.39 Å². The summed E-state index contributed by atoms with van der Waals surface area (Å²) in [5.41, 5.74) is 6.57. The van der Waals surface area contributed by atoms with Gasteiger partial charge in [-0.15, -0.1) is 0 Å². The Morgan fingerprint density at radius 1 is 1.24 bits per heavy atom. The SMILES string of the molecule is NC1=C(OS(=O)Cc2ccccc2)C(=O)C(c2cc(F)ccc2Cl)O1. The van der Waals surface area contributed by atoms with Crippen LogP contribution in [0.25, 0.3) is 0 Å². The van der Waals surface area contributed by atoms with Crippen molar-refractivity contribution in [1.82, 2.24) is 0 Å². The zero-order chi connectivity index (χ0) is 18.0. The number of halogens is 2. The number of rotatable bonds is 5. The van der Waals surface area contributed by atoms with Gasteiger partial charge in [-0.2, -0.15) is 0 Å². The van der Waals surface area contributed by atoms with Crippen molar-refractivity contribution in [2.45, 2.75) is 11.9 Å². The average Bonchev–Trinajstić information content (AvgIpc) is 2.86. The molecule has 0 bridgehead atoms. The molecular weight excluding hydrogens is 369 g/mol. The Morgan fingerprint density at radius 2 is 1.96 bits per heavy atom. The zero-order valence-corrected chi connectivity index (χ0v) is 14.4. The van der Waals surface area contributed by atoms with E-state index >= 15 is 0 Å². The molecule has 3 rings (SSSR count). The summed E-state index contributed by atoms with van der Waals surface area (Å²) in [6, 6.07) is 12.5. The first-order chi connectivity index (χ1) is 12.0. The maximum atomic E-state index is 13.4. The Labute approximate surface area is 150 Å². The predicted molar refractivity (Wildman–Crippen MR) is 90.8 cm³/mol. The van der Waals surface area contributed by atoms with E-state index in [-0.39, 0.29) is 28.0 Å². The lowest BCUT2D eigenvalue weighted by Gasteiger charge is -2.11. The lowest BCUT2D eigenvalue weighted by atomic mass is 10.1. The average molecular weight is 382 g/mol. The first kappa shape index (κ1) is 17.4. The minimum Gasteiger partial charge on any atom is -0.460 e. The van der Waals surface area contributed by atoms with Crippen LogP contribution in [0.15, 0.2) is 60.2 Å². The Hall–Kier alpha value is -2.38. The van der Waals surface area contributed by atoms with Crippen LogP contribution >= 0.6 is 11.6 Å². The second-order valence-corrected chi connectivity index (χ2v) is 6.71. The van der Waals surface area contributed by atoms with Crippen molar-refractivity contribution in [3.05, 3.63) is 82.1 Å². The Kier molecular flexibility index (Phi) is 5.06. The number of hydrogen-bond acceptors (Lipinski definition) is 5. The molecule has 2 aromatic carbocycles. The molecule has 0 aliphatic carbocycles. The van der Waals surface area contributed by atoms with E-state index in [9.17, 15) is 13.4 Å². The molecule has 2 N–H and O–H groups in total. The molecule has 0 amide bonds. The summed E-state index contributed by atoms with van der Waals surface area (Å²) in [5, 5.41) is 0.152. The number of ether oxygens (including phenoxy) is 1. The lowest BCUT2D eigenvalue weighted by molar-refractivity contribution is -0.123. The van der Waals surface area contributed by atoms with Crippen LogP contribution in [0.1, 0.15) is 17.2 Å². The molecule has 1 aliphatic rings. The van der Waals surface area contributed by atoms with Gasteiger partial charge in [-0.05, 0) is 23.8 Å². The Morgan fingerprint density at radius 3 is 2.68 bits per heavy atom. The highest BCUT2D eigenvalue weighted by Crippen LogP contribution is 2.35. The smallest absolute Gasteiger partial charge is 0.249 e. The highest BCUT2D eigenvalue weighted by atomic mass is 35.5. The van der Waals surface area contributed by atoms with Gasteiger partial charge in [-0.3, -0.25) is 4.79 Å². The van der Waals surface area contributed by atoms with E-state index in [1.807, 2.05) is 6.07 Å². The largest absolute Gasteiger partial charge is 0.460 e. The molecule has 25 heavy (non-hydrogen) atoms. The van der Waals surface area contributed by atoms with E-state index in [0.717, 1.165) is 17.7 Å². The van der Waals surface area contributed by atoms with Crippen molar-refractivity contribution < 1.29 is 22.3 Å². The zero-order valence-electron chi connectivity index (χ0n) is 12.8. The van der Waals surface area contributed by atoms with Crippen LogP contribution in [-0.4, -0.2) is 9.99 Å². The molecular formula is C17H13ClFNO4S. The molecule has 130 valence electrons. The maximum absolute atomic E-state index is 13.4. The molecule has 8 heteroatoms. The Balaban J connectivity index is 1.75. The van der Waals surface area contributed by atoms with Crippen molar-refractivity contribution in [3.8, 4) is 0 Å². The third kappa shape index (κ3) is 3.83. The van der Waals surface area contributed by atoms with Gasteiger partial charge in [0.2, 0.25) is 28.5 Å². The summed E-state index contributed by atoms with van der Waals surface area (Å²) in [6.45, 7) is 0. The summed E-state index contributed by atoms with van der Waals surface area (Å²) in [7, 11) is 0. The normalized spacial score (nSPS) is 18.2. The molecule has 0 saturated carbocycles. The quantitative estimate of drug-likeness (QED) is 0.860. The topological polar surface area (TPSA) is 78.6 Å². The number of hydrogen-bond donors (Lipinski definition) is 1. The summed E-state index contributed by atoms with van der Waals surface area (Å²) in [4.78, 5) is 12.5.